The summed E-state index contributed by atoms with van der Waals surface area (Å²) in [5.41, 5.74) is 0. The summed E-state index contributed by atoms with van der Waals surface area (Å²) in [6, 6.07) is 11.5. The van der Waals surface area contributed by atoms with Crippen LogP contribution in [-0.4, -0.2) is 25.9 Å². The molecule has 0 spiro atoms. The van der Waals surface area contributed by atoms with Crippen molar-refractivity contribution in [2.45, 2.75) is 9.79 Å². The maximum Gasteiger partial charge on any atom is 0.295 e. The van der Waals surface area contributed by atoms with Gasteiger partial charge in [-0.1, -0.05) is 24.3 Å². The van der Waals surface area contributed by atoms with Crippen molar-refractivity contribution in [3.8, 4) is 0 Å². The van der Waals surface area contributed by atoms with Crippen molar-refractivity contribution in [1.82, 2.24) is 0 Å². The van der Waals surface area contributed by atoms with Gasteiger partial charge >= 0.3 is 0 Å². The Kier molecular flexibility index (Phi) is 3.22. The predicted molar refractivity (Wildman–Crippen MR) is 81.1 cm³/mol. The zero-order valence-electron chi connectivity index (χ0n) is 11.0. The molecule has 0 saturated carbocycles. The van der Waals surface area contributed by atoms with Gasteiger partial charge in [-0.3, -0.25) is 9.11 Å². The molecule has 0 bridgehead atoms. The van der Waals surface area contributed by atoms with Crippen LogP contribution in [0.3, 0.4) is 0 Å². The van der Waals surface area contributed by atoms with Gasteiger partial charge in [0.1, 0.15) is 9.79 Å². The van der Waals surface area contributed by atoms with Crippen LogP contribution in [0.2, 0.25) is 0 Å². The van der Waals surface area contributed by atoms with Crippen LogP contribution in [0.4, 0.5) is 0 Å². The number of hydrogen-bond acceptors (Lipinski definition) is 4. The van der Waals surface area contributed by atoms with Crippen LogP contribution in [-0.2, 0) is 20.2 Å². The summed E-state index contributed by atoms with van der Waals surface area (Å²) >= 11 is 0. The standard InChI is InChI=1S/C14H10O6S2/c15-21(16,17)13-5-1-3-9-7-12-10(8-11(9)13)4-2-6-14(12)22(18,19)20/h1-8H,(H,15,16,17)(H,18,19,20). The van der Waals surface area contributed by atoms with E-state index in [-0.39, 0.29) is 20.6 Å². The molecule has 8 heteroatoms. The van der Waals surface area contributed by atoms with E-state index in [1.165, 1.54) is 36.4 Å². The van der Waals surface area contributed by atoms with Gasteiger partial charge in [0.25, 0.3) is 20.2 Å². The number of hydrogen-bond donors (Lipinski definition) is 2. The Hall–Kier alpha value is -2.00. The highest BCUT2D eigenvalue weighted by Crippen LogP contribution is 2.31. The van der Waals surface area contributed by atoms with Crippen LogP contribution in [0.1, 0.15) is 0 Å². The molecule has 0 fully saturated rings. The van der Waals surface area contributed by atoms with Crippen molar-refractivity contribution in [2.75, 3.05) is 0 Å². The molecule has 0 atom stereocenters. The minimum absolute atomic E-state index is 0.260. The highest BCUT2D eigenvalue weighted by atomic mass is 32.2. The van der Waals surface area contributed by atoms with Gasteiger partial charge < -0.3 is 0 Å². The summed E-state index contributed by atoms with van der Waals surface area (Å²) in [6.07, 6.45) is 0. The molecule has 0 aromatic heterocycles. The zero-order valence-corrected chi connectivity index (χ0v) is 12.6. The van der Waals surface area contributed by atoms with Crippen molar-refractivity contribution >= 4 is 41.8 Å². The van der Waals surface area contributed by atoms with Gasteiger partial charge in [-0.05, 0) is 35.0 Å². The molecule has 0 amide bonds. The van der Waals surface area contributed by atoms with Gasteiger partial charge in [-0.2, -0.15) is 16.8 Å². The molecule has 0 radical (unpaired) electrons. The molecule has 0 heterocycles. The lowest BCUT2D eigenvalue weighted by Gasteiger charge is -2.08. The summed E-state index contributed by atoms with van der Waals surface area (Å²) < 4.78 is 64.3. The van der Waals surface area contributed by atoms with E-state index in [0.717, 1.165) is 0 Å². The first-order valence-corrected chi connectivity index (χ1v) is 8.96. The molecule has 0 unspecified atom stereocenters. The number of rotatable bonds is 2. The van der Waals surface area contributed by atoms with Crippen molar-refractivity contribution in [2.24, 2.45) is 0 Å². The maximum atomic E-state index is 11.4. The monoisotopic (exact) mass is 338 g/mol. The quantitative estimate of drug-likeness (QED) is 0.549. The van der Waals surface area contributed by atoms with Crippen LogP contribution in [0.5, 0.6) is 0 Å². The number of fused-ring (bicyclic) bond motifs is 2. The lowest BCUT2D eigenvalue weighted by Crippen LogP contribution is -2.00. The van der Waals surface area contributed by atoms with Crippen LogP contribution < -0.4 is 0 Å². The van der Waals surface area contributed by atoms with Gasteiger partial charge in [-0.15, -0.1) is 0 Å². The van der Waals surface area contributed by atoms with E-state index < -0.39 is 20.2 Å². The Labute approximate surface area is 126 Å². The summed E-state index contributed by atoms with van der Waals surface area (Å²) in [6.45, 7) is 0. The van der Waals surface area contributed by atoms with E-state index in [1.807, 2.05) is 0 Å². The molecule has 22 heavy (non-hydrogen) atoms. The zero-order chi connectivity index (χ0) is 16.1. The topological polar surface area (TPSA) is 109 Å². The SMILES string of the molecule is O=S(=O)(O)c1cccc2cc3c(S(=O)(=O)O)cccc3cc12. The van der Waals surface area contributed by atoms with Gasteiger partial charge in [0.15, 0.2) is 0 Å². The van der Waals surface area contributed by atoms with Gasteiger partial charge in [0.05, 0.1) is 0 Å². The second kappa shape index (κ2) is 4.75. The molecule has 2 N–H and O–H groups in total. The third-order valence-corrected chi connectivity index (χ3v) is 5.18. The second-order valence-electron chi connectivity index (χ2n) is 4.76. The Morgan fingerprint density at radius 1 is 0.636 bits per heavy atom. The molecular formula is C14H10O6S2. The van der Waals surface area contributed by atoms with Crippen LogP contribution in [0, 0.1) is 0 Å². The fourth-order valence-corrected chi connectivity index (χ4v) is 3.85. The Morgan fingerprint density at radius 2 is 1.00 bits per heavy atom. The Bertz CT molecular complexity index is 1020. The van der Waals surface area contributed by atoms with Crippen LogP contribution >= 0.6 is 0 Å². The average Bonchev–Trinajstić information content (AvgIpc) is 2.41. The first kappa shape index (κ1) is 14.9. The van der Waals surface area contributed by atoms with E-state index in [4.69, 9.17) is 0 Å². The third kappa shape index (κ3) is 2.46. The van der Waals surface area contributed by atoms with Crippen molar-refractivity contribution in [1.29, 1.82) is 0 Å². The van der Waals surface area contributed by atoms with Gasteiger partial charge in [-0.25, -0.2) is 0 Å². The third-order valence-electron chi connectivity index (χ3n) is 3.36. The first-order chi connectivity index (χ1) is 10.2. The van der Waals surface area contributed by atoms with E-state index in [0.29, 0.717) is 10.8 Å². The van der Waals surface area contributed by atoms with Crippen molar-refractivity contribution in [3.63, 3.8) is 0 Å². The summed E-state index contributed by atoms with van der Waals surface area (Å²) in [5.74, 6) is 0. The molecule has 0 aliphatic rings. The molecule has 0 saturated heterocycles. The van der Waals surface area contributed by atoms with E-state index >= 15 is 0 Å². The maximum absolute atomic E-state index is 11.4. The fraction of sp³-hybridized carbons (Fsp3) is 0. The Morgan fingerprint density at radius 3 is 1.32 bits per heavy atom. The highest BCUT2D eigenvalue weighted by Gasteiger charge is 2.17. The van der Waals surface area contributed by atoms with Crippen molar-refractivity contribution < 1.29 is 25.9 Å². The van der Waals surface area contributed by atoms with Crippen molar-refractivity contribution in [3.05, 3.63) is 48.5 Å². The van der Waals surface area contributed by atoms with E-state index in [2.05, 4.69) is 0 Å². The molecule has 3 aromatic rings. The molecular weight excluding hydrogens is 328 g/mol. The Balaban J connectivity index is 2.52. The molecule has 0 aliphatic carbocycles. The molecule has 3 aromatic carbocycles. The summed E-state index contributed by atoms with van der Waals surface area (Å²) in [7, 11) is -8.81. The number of benzene rings is 3. The minimum Gasteiger partial charge on any atom is -0.282 e. The summed E-state index contributed by atoms with van der Waals surface area (Å²) in [5, 5.41) is 1.40. The molecule has 0 aliphatic heterocycles. The van der Waals surface area contributed by atoms with Gasteiger partial charge in [0, 0.05) is 10.8 Å². The van der Waals surface area contributed by atoms with Crippen LogP contribution in [0.25, 0.3) is 21.5 Å². The smallest absolute Gasteiger partial charge is 0.282 e. The van der Waals surface area contributed by atoms with E-state index in [1.54, 1.807) is 12.1 Å². The average molecular weight is 338 g/mol. The van der Waals surface area contributed by atoms with E-state index in [9.17, 15) is 25.9 Å². The minimum atomic E-state index is -4.40. The fourth-order valence-electron chi connectivity index (χ4n) is 2.44. The lowest BCUT2D eigenvalue weighted by atomic mass is 10.0. The molecule has 114 valence electrons. The highest BCUT2D eigenvalue weighted by molar-refractivity contribution is 7.86. The predicted octanol–water partition coefficient (Wildman–Crippen LogP) is 2.49. The van der Waals surface area contributed by atoms with Gasteiger partial charge in [0.2, 0.25) is 0 Å². The normalized spacial score (nSPS) is 12.8. The largest absolute Gasteiger partial charge is 0.295 e. The summed E-state index contributed by atoms with van der Waals surface area (Å²) in [4.78, 5) is -0.520. The molecule has 6 nitrogen and oxygen atoms in total. The molecule has 3 rings (SSSR count). The first-order valence-electron chi connectivity index (χ1n) is 6.08. The lowest BCUT2D eigenvalue weighted by molar-refractivity contribution is 0.482. The van der Waals surface area contributed by atoms with Crippen LogP contribution in [0.15, 0.2) is 58.3 Å². The second-order valence-corrected chi connectivity index (χ2v) is 7.54.